The summed E-state index contributed by atoms with van der Waals surface area (Å²) in [6.45, 7) is 2.23. The van der Waals surface area contributed by atoms with Crippen LogP contribution in [0.1, 0.15) is 6.92 Å². The quantitative estimate of drug-likeness (QED) is 0.363. The van der Waals surface area contributed by atoms with Crippen molar-refractivity contribution in [2.45, 2.75) is 31.2 Å². The Morgan fingerprint density at radius 3 is 2.67 bits per heavy atom. The third kappa shape index (κ3) is 4.16. The SMILES string of the molecule is B[C@H](OC)[C@H]1O[C@@H](C)[C@@H](CO[PH](=O)OC)C1OI. The largest absolute Gasteiger partial charge is 0.388 e. The van der Waals surface area contributed by atoms with Gasteiger partial charge in [0.1, 0.15) is 43.1 Å². The lowest BCUT2D eigenvalue weighted by Gasteiger charge is -2.24. The molecule has 6 atom stereocenters. The zero-order chi connectivity index (χ0) is 13.7. The number of halogens is 1. The molecule has 0 aromatic heterocycles. The molecule has 0 amide bonds. The van der Waals surface area contributed by atoms with Crippen molar-refractivity contribution in [1.29, 1.82) is 0 Å². The second kappa shape index (κ2) is 8.19. The Kier molecular flexibility index (Phi) is 7.68. The molecule has 0 aliphatic carbocycles. The summed E-state index contributed by atoms with van der Waals surface area (Å²) in [4.78, 5) is 0. The third-order valence-corrected chi connectivity index (χ3v) is 4.54. The number of hydrogen-bond acceptors (Lipinski definition) is 6. The van der Waals surface area contributed by atoms with E-state index in [0.29, 0.717) is 0 Å². The minimum Gasteiger partial charge on any atom is -0.388 e. The van der Waals surface area contributed by atoms with Gasteiger partial charge in [0.05, 0.1) is 18.7 Å². The molecule has 1 heterocycles. The van der Waals surface area contributed by atoms with Crippen molar-refractivity contribution in [1.82, 2.24) is 0 Å². The van der Waals surface area contributed by atoms with Crippen molar-refractivity contribution in [2.75, 3.05) is 20.8 Å². The Morgan fingerprint density at radius 1 is 1.50 bits per heavy atom. The average Bonchev–Trinajstić information content (AvgIpc) is 2.71. The van der Waals surface area contributed by atoms with Crippen LogP contribution < -0.4 is 0 Å². The highest BCUT2D eigenvalue weighted by atomic mass is 127. The van der Waals surface area contributed by atoms with Gasteiger partial charge in [0.15, 0.2) is 0 Å². The highest BCUT2D eigenvalue weighted by Crippen LogP contribution is 2.35. The highest BCUT2D eigenvalue weighted by Gasteiger charge is 2.45. The molecule has 1 aliphatic heterocycles. The number of ether oxygens (including phenoxy) is 2. The van der Waals surface area contributed by atoms with Crippen molar-refractivity contribution < 1.29 is 26.2 Å². The summed E-state index contributed by atoms with van der Waals surface area (Å²) in [5.74, 6) is 0.00796. The number of rotatable bonds is 7. The van der Waals surface area contributed by atoms with E-state index < -0.39 is 8.25 Å². The van der Waals surface area contributed by atoms with E-state index in [9.17, 15) is 4.57 Å². The number of hydrogen-bond donors (Lipinski definition) is 0. The van der Waals surface area contributed by atoms with Gasteiger partial charge >= 0.3 is 8.25 Å². The normalized spacial score (nSPS) is 35.6. The lowest BCUT2D eigenvalue weighted by atomic mass is 9.87. The van der Waals surface area contributed by atoms with Crippen molar-refractivity contribution in [2.24, 2.45) is 5.92 Å². The zero-order valence-electron chi connectivity index (χ0n) is 10.9. The molecule has 1 fully saturated rings. The van der Waals surface area contributed by atoms with Gasteiger partial charge in [-0.05, 0) is 6.92 Å². The summed E-state index contributed by atoms with van der Waals surface area (Å²) in [5.41, 5.74) is 0. The lowest BCUT2D eigenvalue weighted by molar-refractivity contribution is -0.0347. The van der Waals surface area contributed by atoms with Gasteiger partial charge in [-0.3, -0.25) is 4.57 Å². The molecular weight excluding hydrogens is 373 g/mol. The van der Waals surface area contributed by atoms with Gasteiger partial charge < -0.3 is 21.6 Å². The first-order valence-corrected chi connectivity index (χ1v) is 7.82. The molecule has 2 unspecified atom stereocenters. The maximum absolute atomic E-state index is 11.2. The van der Waals surface area contributed by atoms with Gasteiger partial charge in [0, 0.05) is 20.1 Å². The molecule has 1 rings (SSSR count). The topological polar surface area (TPSA) is 63.2 Å². The predicted octanol–water partition coefficient (Wildman–Crippen LogP) is 0.783. The summed E-state index contributed by atoms with van der Waals surface area (Å²) < 4.78 is 37.5. The number of methoxy groups -OCH3 is 1. The second-order valence-electron chi connectivity index (χ2n) is 4.23. The molecule has 0 N–H and O–H groups in total. The maximum Gasteiger partial charge on any atom is 0.318 e. The van der Waals surface area contributed by atoms with E-state index >= 15 is 0 Å². The van der Waals surface area contributed by atoms with E-state index in [1.807, 2.05) is 37.8 Å². The summed E-state index contributed by atoms with van der Waals surface area (Å²) in [5, 5.41) is 0. The predicted molar refractivity (Wildman–Crippen MR) is 78.0 cm³/mol. The molecule has 1 aliphatic rings. The van der Waals surface area contributed by atoms with Crippen LogP contribution in [0.3, 0.4) is 0 Å². The Hall–Kier alpha value is 0.825. The van der Waals surface area contributed by atoms with E-state index in [-0.39, 0.29) is 36.8 Å². The fourth-order valence-electron chi connectivity index (χ4n) is 2.02. The monoisotopic (exact) mass is 392 g/mol. The van der Waals surface area contributed by atoms with Crippen LogP contribution in [-0.4, -0.2) is 53.0 Å². The van der Waals surface area contributed by atoms with Gasteiger partial charge in [-0.15, -0.1) is 0 Å². The molecule has 0 saturated carbocycles. The first kappa shape index (κ1) is 16.9. The van der Waals surface area contributed by atoms with E-state index in [2.05, 4.69) is 4.52 Å². The van der Waals surface area contributed by atoms with Crippen LogP contribution in [0.4, 0.5) is 0 Å². The smallest absolute Gasteiger partial charge is 0.318 e. The first-order valence-electron chi connectivity index (χ1n) is 5.71. The molecular formula is C9H19BIO6P. The van der Waals surface area contributed by atoms with E-state index in [0.717, 1.165) is 0 Å². The summed E-state index contributed by atoms with van der Waals surface area (Å²) in [6, 6.07) is -0.0725. The van der Waals surface area contributed by atoms with Crippen LogP contribution in [0.5, 0.6) is 0 Å². The first-order chi connectivity index (χ1) is 8.54. The van der Waals surface area contributed by atoms with Crippen LogP contribution >= 0.6 is 31.3 Å². The zero-order valence-corrected chi connectivity index (χ0v) is 14.1. The van der Waals surface area contributed by atoms with Gasteiger partial charge in [-0.25, -0.2) is 0 Å². The summed E-state index contributed by atoms with van der Waals surface area (Å²) in [6.07, 6.45) is -0.346. The van der Waals surface area contributed by atoms with Crippen LogP contribution in [-0.2, 0) is 26.2 Å². The maximum atomic E-state index is 11.2. The van der Waals surface area contributed by atoms with Crippen molar-refractivity contribution in [3.63, 3.8) is 0 Å². The standard InChI is InChI=1S/C9H19BIO6P/c1-5-6(4-15-18(12)14-3)7(17-11)8(16-5)9(10)13-2/h5-9,18H,4,10H2,1-3H3/t5-,6+,7?,8-,9+/m0/s1. The molecule has 6 nitrogen and oxygen atoms in total. The second-order valence-corrected chi connectivity index (χ2v) is 5.93. The fourth-order valence-corrected chi connectivity index (χ4v) is 3.13. The lowest BCUT2D eigenvalue weighted by Crippen LogP contribution is -2.39. The van der Waals surface area contributed by atoms with Crippen LogP contribution in [0.2, 0.25) is 0 Å². The van der Waals surface area contributed by atoms with E-state index in [1.54, 1.807) is 7.11 Å². The van der Waals surface area contributed by atoms with Gasteiger partial charge in [-0.1, -0.05) is 0 Å². The molecule has 0 bridgehead atoms. The molecule has 0 spiro atoms. The Balaban J connectivity index is 2.63. The van der Waals surface area contributed by atoms with Crippen LogP contribution in [0.25, 0.3) is 0 Å². The van der Waals surface area contributed by atoms with Crippen molar-refractivity contribution in [3.8, 4) is 0 Å². The summed E-state index contributed by atoms with van der Waals surface area (Å²) in [7, 11) is 2.52. The van der Waals surface area contributed by atoms with Gasteiger partial charge in [-0.2, -0.15) is 0 Å². The molecule has 0 aromatic rings. The van der Waals surface area contributed by atoms with Crippen LogP contribution in [0, 0.1) is 5.92 Å². The van der Waals surface area contributed by atoms with E-state index in [4.69, 9.17) is 17.1 Å². The Morgan fingerprint density at radius 2 is 2.17 bits per heavy atom. The van der Waals surface area contributed by atoms with E-state index in [1.165, 1.54) is 7.11 Å². The Labute approximate surface area is 123 Å². The molecule has 18 heavy (non-hydrogen) atoms. The fraction of sp³-hybridized carbons (Fsp3) is 1.00. The minimum atomic E-state index is -2.41. The van der Waals surface area contributed by atoms with Gasteiger partial charge in [0.25, 0.3) is 0 Å². The molecule has 0 radical (unpaired) electrons. The molecule has 106 valence electrons. The third-order valence-electron chi connectivity index (χ3n) is 3.22. The highest BCUT2D eigenvalue weighted by molar-refractivity contribution is 14.1. The van der Waals surface area contributed by atoms with Gasteiger partial charge in [0.2, 0.25) is 0 Å². The molecule has 9 heteroatoms. The summed E-state index contributed by atoms with van der Waals surface area (Å²) >= 11 is 1.85. The average molecular weight is 392 g/mol. The molecule has 0 aromatic carbocycles. The Bertz CT molecular complexity index is 284. The van der Waals surface area contributed by atoms with Crippen LogP contribution in [0.15, 0.2) is 0 Å². The van der Waals surface area contributed by atoms with Crippen molar-refractivity contribution in [3.05, 3.63) is 0 Å². The van der Waals surface area contributed by atoms with Crippen molar-refractivity contribution >= 4 is 39.1 Å². The minimum absolute atomic E-state index is 0.00796. The molecule has 1 saturated heterocycles.